The summed E-state index contributed by atoms with van der Waals surface area (Å²) in [5, 5.41) is 7.36. The van der Waals surface area contributed by atoms with Gasteiger partial charge < -0.3 is 29.9 Å². The second-order valence-electron chi connectivity index (χ2n) is 16.9. The fourth-order valence-electron chi connectivity index (χ4n) is 8.52. The van der Waals surface area contributed by atoms with Crippen LogP contribution in [0.4, 0.5) is 38.0 Å². The highest BCUT2D eigenvalue weighted by molar-refractivity contribution is 7.85. The zero-order valence-corrected chi connectivity index (χ0v) is 41.2. The molecule has 372 valence electrons. The van der Waals surface area contributed by atoms with Crippen LogP contribution >= 0.6 is 0 Å². The minimum atomic E-state index is -2.92. The lowest BCUT2D eigenvalue weighted by Crippen LogP contribution is -2.35. The van der Waals surface area contributed by atoms with E-state index in [9.17, 15) is 30.6 Å². The summed E-state index contributed by atoms with van der Waals surface area (Å²) < 4.78 is 106. The molecule has 8 rings (SSSR count). The Morgan fingerprint density at radius 3 is 1.90 bits per heavy atom. The molecule has 4 aromatic heterocycles. The second kappa shape index (κ2) is 23.7. The third kappa shape index (κ3) is 12.4. The van der Waals surface area contributed by atoms with Crippen LogP contribution < -0.4 is 20.1 Å². The molecule has 69 heavy (non-hydrogen) atoms. The van der Waals surface area contributed by atoms with Crippen LogP contribution in [0.2, 0.25) is 0 Å². The molecule has 0 amide bonds. The Morgan fingerprint density at radius 1 is 0.725 bits per heavy atom. The Bertz CT molecular complexity index is 2750. The number of nitrogens with one attached hydrogen (secondary N) is 2. The molecule has 2 aromatic carbocycles. The first kappa shape index (κ1) is 52.6. The number of hydrogen-bond donors (Lipinski definition) is 2. The standard InChI is InChI=1S/C24H28F3N5O2S.C23H26F3N5O.C2H6/c1-13(16-6-5-7-17(20(16)25)21(26)27)28-22-18-12-19(35(33)15-8-10-32(3)11-9-15)24(34-4)31-23(18)30-14(2)29-22;1-13-28-21(27-11-14-6-4-8-16(19(14)24)20(25)26)18-10-17(15-7-5-9-31(2)12-15)23(32-3)30-22(18)29-13;1-2/h5-7,12-13,15,21H,8-11H2,1-4H3,(H,28,29,30,31);4,6,8,10,15,20H,5,7,9,11-12H2,1-3H3,(H,27,28,29,30);1-2H3/t13-,35?;;/m1../s1. The molecule has 0 radical (unpaired) electrons. The van der Waals surface area contributed by atoms with Gasteiger partial charge in [0.05, 0.1) is 53.0 Å². The molecular weight excluding hydrogens is 923 g/mol. The van der Waals surface area contributed by atoms with Gasteiger partial charge in [-0.25, -0.2) is 46.3 Å². The SMILES string of the molecule is CC.COc1nc2nc(C)nc(NCc3cccc(C(F)F)c3F)c2cc1C1CCCN(C)C1.COc1nc2nc(C)nc(N[C@H](C)c3cccc(C(F)F)c3F)c2cc1S(=O)C1CCN(C)CC1. The summed E-state index contributed by atoms with van der Waals surface area (Å²) in [7, 11) is 5.83. The van der Waals surface area contributed by atoms with Gasteiger partial charge in [-0.05, 0) is 92.3 Å². The van der Waals surface area contributed by atoms with Crippen LogP contribution in [0.1, 0.15) is 111 Å². The van der Waals surface area contributed by atoms with Crippen molar-refractivity contribution in [2.45, 2.75) is 102 Å². The number of pyridine rings is 2. The molecule has 0 spiro atoms. The van der Waals surface area contributed by atoms with Crippen LogP contribution in [-0.4, -0.2) is 104 Å². The maximum atomic E-state index is 14.7. The first-order valence-corrected chi connectivity index (χ1v) is 24.1. The summed E-state index contributed by atoms with van der Waals surface area (Å²) in [6.45, 7) is 12.7. The Hall–Kier alpha value is -5.73. The van der Waals surface area contributed by atoms with Gasteiger partial charge in [-0.15, -0.1) is 0 Å². The average molecular weight is 983 g/mol. The summed E-state index contributed by atoms with van der Waals surface area (Å²) in [5.41, 5.74) is 0.742. The van der Waals surface area contributed by atoms with E-state index < -0.39 is 52.5 Å². The molecule has 2 N–H and O–H groups in total. The van der Waals surface area contributed by atoms with E-state index in [-0.39, 0.29) is 34.7 Å². The molecular formula is C49H60F6N10O3S. The van der Waals surface area contributed by atoms with E-state index >= 15 is 0 Å². The van der Waals surface area contributed by atoms with Crippen molar-refractivity contribution in [2.75, 3.05) is 65.1 Å². The Labute approximate surface area is 401 Å². The van der Waals surface area contributed by atoms with Crippen LogP contribution in [0.3, 0.4) is 0 Å². The number of ether oxygens (including phenoxy) is 2. The normalized spacial score (nSPS) is 16.7. The van der Waals surface area contributed by atoms with E-state index in [1.807, 2.05) is 27.0 Å². The number of halogens is 6. The predicted octanol–water partition coefficient (Wildman–Crippen LogP) is 10.7. The van der Waals surface area contributed by atoms with Gasteiger partial charge in [0.2, 0.25) is 11.8 Å². The van der Waals surface area contributed by atoms with E-state index in [0.717, 1.165) is 69.6 Å². The first-order chi connectivity index (χ1) is 33.1. The van der Waals surface area contributed by atoms with E-state index in [2.05, 4.69) is 57.4 Å². The topological polar surface area (TPSA) is 143 Å². The number of anilines is 2. The number of alkyl halides is 4. The minimum Gasteiger partial charge on any atom is -0.481 e. The largest absolute Gasteiger partial charge is 0.481 e. The second-order valence-corrected chi connectivity index (χ2v) is 18.6. The third-order valence-electron chi connectivity index (χ3n) is 12.1. The van der Waals surface area contributed by atoms with Gasteiger partial charge in [0.1, 0.15) is 39.8 Å². The number of benzene rings is 2. The number of methoxy groups -OCH3 is 2. The fraction of sp³-hybridized carbons (Fsp3) is 0.469. The quantitative estimate of drug-likeness (QED) is 0.106. The fourth-order valence-corrected chi connectivity index (χ4v) is 10.1. The first-order valence-electron chi connectivity index (χ1n) is 22.9. The number of fused-ring (bicyclic) bond motifs is 2. The smallest absolute Gasteiger partial charge is 0.266 e. The molecule has 0 aliphatic carbocycles. The van der Waals surface area contributed by atoms with E-state index in [0.29, 0.717) is 56.1 Å². The number of likely N-dealkylation sites (N-methyl/N-ethyl adjacent to an activating group) is 1. The number of rotatable bonds is 13. The highest BCUT2D eigenvalue weighted by atomic mass is 32.2. The number of aromatic nitrogens is 6. The molecule has 3 atom stereocenters. The summed E-state index contributed by atoms with van der Waals surface area (Å²) in [6.07, 6.45) is -2.11. The Kier molecular flexibility index (Phi) is 18.1. The number of likely N-dealkylation sites (tertiary alicyclic amines) is 2. The average Bonchev–Trinajstić information content (AvgIpc) is 3.33. The molecule has 2 unspecified atom stereocenters. The predicted molar refractivity (Wildman–Crippen MR) is 257 cm³/mol. The Morgan fingerprint density at radius 2 is 1.29 bits per heavy atom. The maximum absolute atomic E-state index is 14.7. The van der Waals surface area contributed by atoms with Gasteiger partial charge in [-0.2, -0.15) is 9.97 Å². The lowest BCUT2D eigenvalue weighted by atomic mass is 9.91. The number of piperidine rings is 2. The van der Waals surface area contributed by atoms with Crippen molar-refractivity contribution < 1.29 is 40.0 Å². The lowest BCUT2D eigenvalue weighted by molar-refractivity contribution is 0.145. The summed E-state index contributed by atoms with van der Waals surface area (Å²) in [4.78, 5) is 31.8. The van der Waals surface area contributed by atoms with Crippen LogP contribution in [0, 0.1) is 25.5 Å². The molecule has 0 bridgehead atoms. The summed E-state index contributed by atoms with van der Waals surface area (Å²) in [5.74, 6) is 0.898. The lowest BCUT2D eigenvalue weighted by Gasteiger charge is -2.30. The molecule has 13 nitrogen and oxygen atoms in total. The van der Waals surface area contributed by atoms with Gasteiger partial charge in [0.25, 0.3) is 12.9 Å². The number of hydrogen-bond acceptors (Lipinski definition) is 13. The third-order valence-corrected chi connectivity index (χ3v) is 13.9. The van der Waals surface area contributed by atoms with E-state index in [1.54, 1.807) is 33.9 Å². The van der Waals surface area contributed by atoms with E-state index in [4.69, 9.17) is 9.47 Å². The van der Waals surface area contributed by atoms with Crippen LogP contribution in [0.5, 0.6) is 11.8 Å². The molecule has 2 fully saturated rings. The molecule has 6 aromatic rings. The summed E-state index contributed by atoms with van der Waals surface area (Å²) >= 11 is 0. The van der Waals surface area contributed by atoms with Gasteiger partial charge in [-0.3, -0.25) is 4.21 Å². The molecule has 20 heteroatoms. The monoisotopic (exact) mass is 982 g/mol. The van der Waals surface area contributed by atoms with Crippen molar-refractivity contribution in [1.82, 2.24) is 39.7 Å². The molecule has 2 saturated heterocycles. The van der Waals surface area contributed by atoms with Crippen molar-refractivity contribution in [3.8, 4) is 11.8 Å². The van der Waals surface area contributed by atoms with Crippen molar-refractivity contribution in [1.29, 1.82) is 0 Å². The van der Waals surface area contributed by atoms with Crippen LogP contribution in [0.15, 0.2) is 53.4 Å². The van der Waals surface area contributed by atoms with Gasteiger partial charge >= 0.3 is 0 Å². The summed E-state index contributed by atoms with van der Waals surface area (Å²) in [6, 6.07) is 10.9. The number of nitrogens with zero attached hydrogens (tertiary/aromatic N) is 8. The van der Waals surface area contributed by atoms with Gasteiger partial charge in [0.15, 0.2) is 11.3 Å². The Balaban J connectivity index is 0.000000220. The highest BCUT2D eigenvalue weighted by Gasteiger charge is 2.29. The van der Waals surface area contributed by atoms with Crippen molar-refractivity contribution in [3.63, 3.8) is 0 Å². The van der Waals surface area contributed by atoms with Crippen molar-refractivity contribution >= 4 is 44.5 Å². The van der Waals surface area contributed by atoms with Crippen molar-refractivity contribution in [2.24, 2.45) is 0 Å². The van der Waals surface area contributed by atoms with Gasteiger partial charge in [-0.1, -0.05) is 50.2 Å². The van der Waals surface area contributed by atoms with Crippen LogP contribution in [0.25, 0.3) is 22.1 Å². The maximum Gasteiger partial charge on any atom is 0.266 e. The zero-order chi connectivity index (χ0) is 50.1. The molecule has 2 aliphatic rings. The van der Waals surface area contributed by atoms with Crippen molar-refractivity contribution in [3.05, 3.63) is 99.6 Å². The molecule has 2 aliphatic heterocycles. The molecule has 0 saturated carbocycles. The zero-order valence-electron chi connectivity index (χ0n) is 40.3. The minimum absolute atomic E-state index is 0.00543. The van der Waals surface area contributed by atoms with Crippen LogP contribution in [-0.2, 0) is 17.3 Å². The highest BCUT2D eigenvalue weighted by Crippen LogP contribution is 2.37. The van der Waals surface area contributed by atoms with Gasteiger partial charge in [0, 0.05) is 40.9 Å². The number of aryl methyl sites for hydroxylation is 2. The molecule has 6 heterocycles. The van der Waals surface area contributed by atoms with E-state index in [1.165, 1.54) is 31.4 Å².